The van der Waals surface area contributed by atoms with E-state index in [0.717, 1.165) is 38.5 Å². The van der Waals surface area contributed by atoms with Crippen molar-refractivity contribution in [3.05, 3.63) is 48.6 Å². The van der Waals surface area contributed by atoms with Gasteiger partial charge in [0, 0.05) is 6.42 Å². The van der Waals surface area contributed by atoms with E-state index in [4.69, 9.17) is 0 Å². The number of hydrogen-bond acceptors (Lipinski definition) is 3. The second-order valence-corrected chi connectivity index (χ2v) is 16.2. The standard InChI is InChI=1S/C50H93NO3/c1-3-5-7-9-11-13-14-15-16-17-18-19-20-21-22-23-24-25-26-27-28-29-30-31-32-33-34-35-36-38-40-42-44-46-50(54)51-48(47-52)49(53)45-43-41-39-37-12-10-8-6-4-2/h14-15,17-18,20-21,43,45,48-49,52-53H,3-13,16,19,22-42,44,46-47H2,1-2H3,(H,51,54)/b15-14-,18-17-,21-20-,45-43+. The number of rotatable bonds is 43. The summed E-state index contributed by atoms with van der Waals surface area (Å²) in [5, 5.41) is 22.9. The maximum atomic E-state index is 12.3. The first-order valence-electron chi connectivity index (χ1n) is 23.9. The van der Waals surface area contributed by atoms with E-state index in [0.29, 0.717) is 6.42 Å². The maximum Gasteiger partial charge on any atom is 0.220 e. The van der Waals surface area contributed by atoms with E-state index in [1.165, 1.54) is 186 Å². The van der Waals surface area contributed by atoms with Crippen molar-refractivity contribution < 1.29 is 15.0 Å². The lowest BCUT2D eigenvalue weighted by atomic mass is 10.0. The van der Waals surface area contributed by atoms with Gasteiger partial charge in [0.05, 0.1) is 18.8 Å². The largest absolute Gasteiger partial charge is 0.394 e. The number of allylic oxidation sites excluding steroid dienone is 7. The van der Waals surface area contributed by atoms with Crippen LogP contribution >= 0.6 is 0 Å². The third kappa shape index (κ3) is 41.5. The van der Waals surface area contributed by atoms with Crippen molar-refractivity contribution in [2.24, 2.45) is 0 Å². The maximum absolute atomic E-state index is 12.3. The number of aliphatic hydroxyl groups is 2. The summed E-state index contributed by atoms with van der Waals surface area (Å²) in [6, 6.07) is -0.619. The van der Waals surface area contributed by atoms with Crippen LogP contribution in [0.5, 0.6) is 0 Å². The minimum atomic E-state index is -0.836. The lowest BCUT2D eigenvalue weighted by Crippen LogP contribution is -2.45. The summed E-state index contributed by atoms with van der Waals surface area (Å²) in [5.41, 5.74) is 0. The molecule has 4 heteroatoms. The van der Waals surface area contributed by atoms with Crippen LogP contribution < -0.4 is 5.32 Å². The Balaban J connectivity index is 3.43. The molecular weight excluding hydrogens is 663 g/mol. The van der Waals surface area contributed by atoms with E-state index in [1.54, 1.807) is 6.08 Å². The van der Waals surface area contributed by atoms with Gasteiger partial charge in [-0.05, 0) is 57.8 Å². The van der Waals surface area contributed by atoms with E-state index >= 15 is 0 Å². The van der Waals surface area contributed by atoms with E-state index in [-0.39, 0.29) is 12.5 Å². The highest BCUT2D eigenvalue weighted by Crippen LogP contribution is 2.15. The highest BCUT2D eigenvalue weighted by Gasteiger charge is 2.17. The van der Waals surface area contributed by atoms with Gasteiger partial charge in [-0.3, -0.25) is 4.79 Å². The van der Waals surface area contributed by atoms with Crippen molar-refractivity contribution in [2.45, 2.75) is 257 Å². The number of carbonyl (C=O) groups is 1. The zero-order valence-electron chi connectivity index (χ0n) is 36.2. The second-order valence-electron chi connectivity index (χ2n) is 16.2. The van der Waals surface area contributed by atoms with Crippen molar-refractivity contribution >= 4 is 5.91 Å². The molecule has 0 heterocycles. The smallest absolute Gasteiger partial charge is 0.220 e. The molecule has 0 aromatic rings. The Morgan fingerprint density at radius 3 is 1.13 bits per heavy atom. The van der Waals surface area contributed by atoms with Crippen LogP contribution in [-0.2, 0) is 4.79 Å². The van der Waals surface area contributed by atoms with Crippen molar-refractivity contribution in [1.29, 1.82) is 0 Å². The topological polar surface area (TPSA) is 69.6 Å². The predicted molar refractivity (Wildman–Crippen MR) is 239 cm³/mol. The summed E-state index contributed by atoms with van der Waals surface area (Å²) in [4.78, 5) is 12.3. The number of unbranched alkanes of at least 4 members (excludes halogenated alkanes) is 30. The van der Waals surface area contributed by atoms with Crippen molar-refractivity contribution in [1.82, 2.24) is 5.32 Å². The van der Waals surface area contributed by atoms with E-state index in [2.05, 4.69) is 55.6 Å². The van der Waals surface area contributed by atoms with Crippen molar-refractivity contribution in [3.8, 4) is 0 Å². The van der Waals surface area contributed by atoms with Crippen molar-refractivity contribution in [2.75, 3.05) is 6.61 Å². The molecule has 2 atom stereocenters. The highest BCUT2D eigenvalue weighted by molar-refractivity contribution is 5.76. The first-order chi connectivity index (χ1) is 26.7. The molecule has 0 aliphatic carbocycles. The van der Waals surface area contributed by atoms with E-state index in [9.17, 15) is 15.0 Å². The van der Waals surface area contributed by atoms with Gasteiger partial charge in [-0.15, -0.1) is 0 Å². The van der Waals surface area contributed by atoms with Gasteiger partial charge < -0.3 is 15.5 Å². The fraction of sp³-hybridized carbons (Fsp3) is 0.820. The first kappa shape index (κ1) is 52.3. The van der Waals surface area contributed by atoms with Gasteiger partial charge in [0.15, 0.2) is 0 Å². The van der Waals surface area contributed by atoms with Gasteiger partial charge in [0.25, 0.3) is 0 Å². The van der Waals surface area contributed by atoms with Crippen LogP contribution in [0.25, 0.3) is 0 Å². The second kappa shape index (κ2) is 45.7. The fourth-order valence-electron chi connectivity index (χ4n) is 7.13. The van der Waals surface area contributed by atoms with Gasteiger partial charge in [0.2, 0.25) is 5.91 Å². The highest BCUT2D eigenvalue weighted by atomic mass is 16.3. The van der Waals surface area contributed by atoms with Crippen LogP contribution in [0.1, 0.15) is 245 Å². The number of aliphatic hydroxyl groups excluding tert-OH is 2. The number of amides is 1. The summed E-state index contributed by atoms with van der Waals surface area (Å²) in [6.07, 6.45) is 62.5. The molecule has 3 N–H and O–H groups in total. The lowest BCUT2D eigenvalue weighted by Gasteiger charge is -2.20. The zero-order chi connectivity index (χ0) is 39.3. The Morgan fingerprint density at radius 1 is 0.444 bits per heavy atom. The monoisotopic (exact) mass is 756 g/mol. The molecule has 2 unspecified atom stereocenters. The molecule has 1 amide bonds. The minimum Gasteiger partial charge on any atom is -0.394 e. The van der Waals surface area contributed by atoms with Gasteiger partial charge in [-0.1, -0.05) is 229 Å². The molecule has 0 saturated carbocycles. The third-order valence-electron chi connectivity index (χ3n) is 10.8. The Hall–Kier alpha value is -1.65. The molecule has 54 heavy (non-hydrogen) atoms. The van der Waals surface area contributed by atoms with Crippen LogP contribution in [0.4, 0.5) is 0 Å². The molecule has 0 saturated heterocycles. The molecule has 4 nitrogen and oxygen atoms in total. The molecule has 316 valence electrons. The van der Waals surface area contributed by atoms with Crippen LogP contribution in [0.2, 0.25) is 0 Å². The van der Waals surface area contributed by atoms with Gasteiger partial charge in [-0.2, -0.15) is 0 Å². The Labute approximate surface area is 337 Å². The molecular formula is C50H93NO3. The predicted octanol–water partition coefficient (Wildman–Crippen LogP) is 15.1. The molecule has 0 aliphatic rings. The molecule has 0 fully saturated rings. The third-order valence-corrected chi connectivity index (χ3v) is 10.8. The summed E-state index contributed by atoms with van der Waals surface area (Å²) < 4.78 is 0. The van der Waals surface area contributed by atoms with E-state index < -0.39 is 12.1 Å². The Bertz CT molecular complexity index is 862. The van der Waals surface area contributed by atoms with Gasteiger partial charge in [0.1, 0.15) is 0 Å². The molecule has 0 aromatic carbocycles. The van der Waals surface area contributed by atoms with Crippen LogP contribution in [0.15, 0.2) is 48.6 Å². The van der Waals surface area contributed by atoms with E-state index in [1.807, 2.05) is 6.08 Å². The quantitative estimate of drug-likeness (QED) is 0.0429. The molecule has 0 radical (unpaired) electrons. The minimum absolute atomic E-state index is 0.0656. The van der Waals surface area contributed by atoms with Gasteiger partial charge >= 0.3 is 0 Å². The van der Waals surface area contributed by atoms with Crippen LogP contribution in [0.3, 0.4) is 0 Å². The summed E-state index contributed by atoms with van der Waals surface area (Å²) in [7, 11) is 0. The number of nitrogens with one attached hydrogen (secondary N) is 1. The molecule has 0 spiro atoms. The molecule has 0 rings (SSSR count). The number of carbonyl (C=O) groups excluding carboxylic acids is 1. The fourth-order valence-corrected chi connectivity index (χ4v) is 7.13. The lowest BCUT2D eigenvalue weighted by molar-refractivity contribution is -0.123. The molecule has 0 aliphatic heterocycles. The van der Waals surface area contributed by atoms with Gasteiger partial charge in [-0.25, -0.2) is 0 Å². The van der Waals surface area contributed by atoms with Crippen molar-refractivity contribution in [3.63, 3.8) is 0 Å². The number of hydrogen-bond donors (Lipinski definition) is 3. The Kier molecular flexibility index (Phi) is 44.3. The average molecular weight is 756 g/mol. The Morgan fingerprint density at radius 2 is 0.759 bits per heavy atom. The first-order valence-corrected chi connectivity index (χ1v) is 23.9. The zero-order valence-corrected chi connectivity index (χ0v) is 36.2. The normalized spacial score (nSPS) is 13.3. The molecule has 0 aromatic heterocycles. The van der Waals surface area contributed by atoms with Crippen LogP contribution in [0, 0.1) is 0 Å². The van der Waals surface area contributed by atoms with Crippen LogP contribution in [-0.4, -0.2) is 34.9 Å². The summed E-state index contributed by atoms with van der Waals surface area (Å²) >= 11 is 0. The average Bonchev–Trinajstić information content (AvgIpc) is 3.18. The molecule has 0 bridgehead atoms. The SMILES string of the molecule is CCCCCCC/C=C\C/C=C\C/C=C\CCCCCCCCCCCCCCCCCCCCC(=O)NC(CO)C(O)/C=C/CCCCCCCCC. The summed E-state index contributed by atoms with van der Waals surface area (Å²) in [6.45, 7) is 4.27. The summed E-state index contributed by atoms with van der Waals surface area (Å²) in [5.74, 6) is -0.0656.